The molecule has 4 nitrogen and oxygen atoms in total. The van der Waals surface area contributed by atoms with Gasteiger partial charge in [0.1, 0.15) is 5.75 Å². The molecule has 2 rings (SSSR count). The lowest BCUT2D eigenvalue weighted by atomic mass is 9.90. The van der Waals surface area contributed by atoms with Crippen molar-refractivity contribution in [3.8, 4) is 5.75 Å². The minimum atomic E-state index is 0.0705. The topological polar surface area (TPSA) is 47.6 Å². The summed E-state index contributed by atoms with van der Waals surface area (Å²) in [7, 11) is 1.76. The van der Waals surface area contributed by atoms with Crippen molar-refractivity contribution >= 4 is 5.78 Å². The van der Waals surface area contributed by atoms with Crippen molar-refractivity contribution in [3.05, 3.63) is 29.8 Å². The Morgan fingerprint density at radius 3 is 2.89 bits per heavy atom. The summed E-state index contributed by atoms with van der Waals surface area (Å²) in [6.45, 7) is 4.58. The van der Waals surface area contributed by atoms with Crippen LogP contribution in [-0.4, -0.2) is 39.2 Å². The Balaban J connectivity index is 1.96. The third kappa shape index (κ3) is 3.09. The van der Waals surface area contributed by atoms with Gasteiger partial charge in [-0.15, -0.1) is 0 Å². The number of ketones is 1. The number of nitrogens with one attached hydrogen (secondary N) is 1. The summed E-state index contributed by atoms with van der Waals surface area (Å²) in [5.74, 6) is 0.811. The number of carbonyl (C=O) groups is 1. The number of likely N-dealkylation sites (N-methyl/N-ethyl adjacent to an activating group) is 1. The number of hydrogen-bond donors (Lipinski definition) is 1. The number of benzene rings is 1. The average molecular weight is 249 g/mol. The molecule has 1 aliphatic heterocycles. The smallest absolute Gasteiger partial charge is 0.176 e. The zero-order valence-corrected chi connectivity index (χ0v) is 10.9. The average Bonchev–Trinajstić information content (AvgIpc) is 2.35. The van der Waals surface area contributed by atoms with Gasteiger partial charge in [0.15, 0.2) is 5.78 Å². The summed E-state index contributed by atoms with van der Waals surface area (Å²) >= 11 is 0. The van der Waals surface area contributed by atoms with Gasteiger partial charge < -0.3 is 14.8 Å². The fourth-order valence-electron chi connectivity index (χ4n) is 1.81. The van der Waals surface area contributed by atoms with Gasteiger partial charge in [-0.1, -0.05) is 19.1 Å². The third-order valence-corrected chi connectivity index (χ3v) is 2.98. The second-order valence-electron chi connectivity index (χ2n) is 5.07. The van der Waals surface area contributed by atoms with Crippen molar-refractivity contribution in [3.63, 3.8) is 0 Å². The van der Waals surface area contributed by atoms with Gasteiger partial charge in [0.05, 0.1) is 26.4 Å². The second kappa shape index (κ2) is 5.50. The fourth-order valence-corrected chi connectivity index (χ4v) is 1.81. The van der Waals surface area contributed by atoms with E-state index in [0.717, 1.165) is 19.0 Å². The molecule has 18 heavy (non-hydrogen) atoms. The molecule has 1 heterocycles. The molecule has 1 saturated heterocycles. The summed E-state index contributed by atoms with van der Waals surface area (Å²) in [5, 5.41) is 2.85. The Morgan fingerprint density at radius 1 is 1.50 bits per heavy atom. The molecule has 0 atom stereocenters. The highest BCUT2D eigenvalue weighted by molar-refractivity contribution is 5.97. The maximum atomic E-state index is 11.7. The highest BCUT2D eigenvalue weighted by Crippen LogP contribution is 2.27. The molecule has 1 aromatic carbocycles. The van der Waals surface area contributed by atoms with Crippen LogP contribution in [0, 0.1) is 5.41 Å². The van der Waals surface area contributed by atoms with Gasteiger partial charge in [-0.25, -0.2) is 0 Å². The monoisotopic (exact) mass is 249 g/mol. The van der Waals surface area contributed by atoms with E-state index in [1.165, 1.54) is 0 Å². The van der Waals surface area contributed by atoms with Gasteiger partial charge >= 0.3 is 0 Å². The predicted molar refractivity (Wildman–Crippen MR) is 69.1 cm³/mol. The normalized spacial score (nSPS) is 17.0. The van der Waals surface area contributed by atoms with E-state index in [0.29, 0.717) is 18.7 Å². The van der Waals surface area contributed by atoms with Crippen LogP contribution in [0.3, 0.4) is 0 Å². The molecule has 1 N–H and O–H groups in total. The number of Topliss-reactive ketones (excluding diaryl/α,β-unsaturated/α-hetero) is 1. The molecule has 0 bridgehead atoms. The molecule has 98 valence electrons. The first-order chi connectivity index (χ1) is 8.63. The standard InChI is InChI=1S/C14H19NO3/c1-14(8-17-9-14)10-18-12-5-3-4-11(6-12)13(16)7-15-2/h3-6,15H,7-10H2,1-2H3. The highest BCUT2D eigenvalue weighted by atomic mass is 16.5. The van der Waals surface area contributed by atoms with Crippen LogP contribution in [0.4, 0.5) is 0 Å². The van der Waals surface area contributed by atoms with E-state index in [1.807, 2.05) is 12.1 Å². The van der Waals surface area contributed by atoms with Crippen LogP contribution in [0.25, 0.3) is 0 Å². The van der Waals surface area contributed by atoms with Gasteiger partial charge in [-0.3, -0.25) is 4.79 Å². The fraction of sp³-hybridized carbons (Fsp3) is 0.500. The molecule has 1 aromatic rings. The minimum absolute atomic E-state index is 0.0705. The number of hydrogen-bond acceptors (Lipinski definition) is 4. The molecule has 0 unspecified atom stereocenters. The van der Waals surface area contributed by atoms with E-state index in [9.17, 15) is 4.79 Å². The molecule has 0 saturated carbocycles. The summed E-state index contributed by atoms with van der Waals surface area (Å²) in [6.07, 6.45) is 0. The maximum Gasteiger partial charge on any atom is 0.176 e. The van der Waals surface area contributed by atoms with Gasteiger partial charge in [-0.2, -0.15) is 0 Å². The Kier molecular flexibility index (Phi) is 3.99. The lowest BCUT2D eigenvalue weighted by molar-refractivity contribution is -0.120. The van der Waals surface area contributed by atoms with Crippen LogP contribution in [0.2, 0.25) is 0 Å². The van der Waals surface area contributed by atoms with Crippen LogP contribution < -0.4 is 10.1 Å². The van der Waals surface area contributed by atoms with Gasteiger partial charge in [0.2, 0.25) is 0 Å². The van der Waals surface area contributed by atoms with Crippen LogP contribution in [0.1, 0.15) is 17.3 Å². The maximum absolute atomic E-state index is 11.7. The molecule has 1 fully saturated rings. The van der Waals surface area contributed by atoms with Crippen LogP contribution in [0.5, 0.6) is 5.75 Å². The lowest BCUT2D eigenvalue weighted by Gasteiger charge is -2.37. The van der Waals surface area contributed by atoms with E-state index in [2.05, 4.69) is 12.2 Å². The van der Waals surface area contributed by atoms with Gasteiger partial charge in [-0.05, 0) is 19.2 Å². The van der Waals surface area contributed by atoms with Crippen molar-refractivity contribution in [1.82, 2.24) is 5.32 Å². The molecule has 0 amide bonds. The molecule has 4 heteroatoms. The molecule has 0 spiro atoms. The first-order valence-corrected chi connectivity index (χ1v) is 6.11. The van der Waals surface area contributed by atoms with Crippen molar-refractivity contribution in [2.75, 3.05) is 33.4 Å². The number of rotatable bonds is 6. The summed E-state index contributed by atoms with van der Waals surface area (Å²) in [5.41, 5.74) is 0.794. The SMILES string of the molecule is CNCC(=O)c1cccc(OCC2(C)COC2)c1. The van der Waals surface area contributed by atoms with Crippen LogP contribution >= 0.6 is 0 Å². The molecule has 0 aliphatic carbocycles. The van der Waals surface area contributed by atoms with Gasteiger partial charge in [0, 0.05) is 11.0 Å². The second-order valence-corrected chi connectivity index (χ2v) is 5.07. The Hall–Kier alpha value is -1.39. The minimum Gasteiger partial charge on any atom is -0.493 e. The van der Waals surface area contributed by atoms with E-state index in [4.69, 9.17) is 9.47 Å². The quantitative estimate of drug-likeness (QED) is 0.776. The van der Waals surface area contributed by atoms with Crippen molar-refractivity contribution < 1.29 is 14.3 Å². The molecule has 0 radical (unpaired) electrons. The first kappa shape index (κ1) is 13.1. The predicted octanol–water partition coefficient (Wildman–Crippen LogP) is 1.50. The number of carbonyl (C=O) groups excluding carboxylic acids is 1. The Morgan fingerprint density at radius 2 is 2.28 bits per heavy atom. The van der Waals surface area contributed by atoms with E-state index in [1.54, 1.807) is 19.2 Å². The molecule has 1 aliphatic rings. The van der Waals surface area contributed by atoms with E-state index in [-0.39, 0.29) is 11.2 Å². The zero-order chi connectivity index (χ0) is 13.0. The zero-order valence-electron chi connectivity index (χ0n) is 10.9. The summed E-state index contributed by atoms with van der Waals surface area (Å²) in [6, 6.07) is 7.32. The first-order valence-electron chi connectivity index (χ1n) is 6.11. The van der Waals surface area contributed by atoms with Crippen LogP contribution in [0.15, 0.2) is 24.3 Å². The molecular formula is C14H19NO3. The summed E-state index contributed by atoms with van der Waals surface area (Å²) < 4.78 is 10.9. The Bertz CT molecular complexity index is 427. The lowest BCUT2D eigenvalue weighted by Crippen LogP contribution is -2.44. The van der Waals surface area contributed by atoms with Crippen molar-refractivity contribution in [1.29, 1.82) is 0 Å². The number of ether oxygens (including phenoxy) is 2. The van der Waals surface area contributed by atoms with Crippen molar-refractivity contribution in [2.24, 2.45) is 5.41 Å². The largest absolute Gasteiger partial charge is 0.493 e. The van der Waals surface area contributed by atoms with E-state index < -0.39 is 0 Å². The summed E-state index contributed by atoms with van der Waals surface area (Å²) in [4.78, 5) is 11.7. The van der Waals surface area contributed by atoms with Gasteiger partial charge in [0.25, 0.3) is 0 Å². The Labute approximate surface area is 107 Å². The van der Waals surface area contributed by atoms with Crippen LogP contribution in [-0.2, 0) is 4.74 Å². The van der Waals surface area contributed by atoms with E-state index >= 15 is 0 Å². The molecular weight excluding hydrogens is 230 g/mol. The molecule has 0 aromatic heterocycles. The van der Waals surface area contributed by atoms with Crippen molar-refractivity contribution in [2.45, 2.75) is 6.92 Å². The third-order valence-electron chi connectivity index (χ3n) is 2.98. The highest BCUT2D eigenvalue weighted by Gasteiger charge is 2.34.